The molecule has 0 saturated carbocycles. The van der Waals surface area contributed by atoms with Gasteiger partial charge in [0.2, 0.25) is 0 Å². The van der Waals surface area contributed by atoms with E-state index in [0.717, 1.165) is 49.3 Å². The van der Waals surface area contributed by atoms with Gasteiger partial charge in [-0.15, -0.1) is 11.6 Å². The summed E-state index contributed by atoms with van der Waals surface area (Å²) in [5.41, 5.74) is 7.34. The maximum Gasteiger partial charge on any atom is 0.263 e. The topological polar surface area (TPSA) is 108 Å². The SMILES string of the molecule is C=C(Nc1cc(N2CCNCC2)nc(C)n1)S/C(=C\N)C(=O)NC1=C(C)C=CCC1Cl. The summed E-state index contributed by atoms with van der Waals surface area (Å²) in [4.78, 5) is 24.2. The number of aromatic nitrogens is 2. The van der Waals surface area contributed by atoms with Gasteiger partial charge >= 0.3 is 0 Å². The molecule has 10 heteroatoms. The lowest BCUT2D eigenvalue weighted by Gasteiger charge is -2.28. The number of hydrogen-bond acceptors (Lipinski definition) is 8. The molecule has 8 nitrogen and oxygen atoms in total. The highest BCUT2D eigenvalue weighted by Crippen LogP contribution is 2.28. The molecule has 0 aromatic carbocycles. The first-order valence-corrected chi connectivity index (χ1v) is 11.3. The maximum atomic E-state index is 12.7. The van der Waals surface area contributed by atoms with E-state index in [9.17, 15) is 4.79 Å². The van der Waals surface area contributed by atoms with E-state index in [1.165, 1.54) is 6.20 Å². The van der Waals surface area contributed by atoms with E-state index in [1.807, 2.05) is 32.1 Å². The molecule has 1 aliphatic heterocycles. The van der Waals surface area contributed by atoms with Crippen molar-refractivity contribution in [3.63, 3.8) is 0 Å². The number of nitrogens with one attached hydrogen (secondary N) is 3. The molecule has 1 aromatic rings. The highest BCUT2D eigenvalue weighted by molar-refractivity contribution is 8.07. The predicted molar refractivity (Wildman–Crippen MR) is 129 cm³/mol. The number of aryl methyl sites for hydroxylation is 1. The Morgan fingerprint density at radius 3 is 2.77 bits per heavy atom. The predicted octanol–water partition coefficient (Wildman–Crippen LogP) is 2.57. The lowest BCUT2D eigenvalue weighted by molar-refractivity contribution is -0.116. The largest absolute Gasteiger partial charge is 0.404 e. The minimum Gasteiger partial charge on any atom is -0.404 e. The molecule has 1 amide bonds. The van der Waals surface area contributed by atoms with Crippen LogP contribution in [0, 0.1) is 6.92 Å². The average molecular weight is 462 g/mol. The van der Waals surface area contributed by atoms with Crippen molar-refractivity contribution in [2.75, 3.05) is 36.4 Å². The average Bonchev–Trinajstić information content (AvgIpc) is 2.74. The van der Waals surface area contributed by atoms with Gasteiger partial charge in [-0.25, -0.2) is 9.97 Å². The Morgan fingerprint density at radius 1 is 1.35 bits per heavy atom. The van der Waals surface area contributed by atoms with E-state index >= 15 is 0 Å². The minimum atomic E-state index is -0.328. The Balaban J connectivity index is 1.64. The number of rotatable bonds is 7. The zero-order valence-electron chi connectivity index (χ0n) is 17.7. The number of anilines is 2. The molecule has 1 aromatic heterocycles. The Hall–Kier alpha value is -2.49. The molecule has 0 radical (unpaired) electrons. The number of nitrogens with zero attached hydrogens (tertiary/aromatic N) is 3. The standard InChI is InChI=1S/C21H28ClN7OS/c1-13-5-4-6-16(22)20(13)28-21(30)17(12-23)31-15(3)27-18-11-19(26-14(2)25-18)29-9-7-24-8-10-29/h4-5,11-12,16,24H,3,6-10,23H2,1-2H3,(H,28,30)(H,25,26,27)/b17-12-. The second-order valence-corrected chi connectivity index (χ2v) is 8.90. The first-order chi connectivity index (χ1) is 14.9. The molecule has 1 fully saturated rings. The number of nitrogens with two attached hydrogens (primary N) is 1. The molecule has 1 unspecified atom stereocenters. The van der Waals surface area contributed by atoms with Crippen LogP contribution in [0.15, 0.2) is 52.2 Å². The zero-order valence-corrected chi connectivity index (χ0v) is 19.3. The van der Waals surface area contributed by atoms with Crippen LogP contribution in [0.25, 0.3) is 0 Å². The molecular weight excluding hydrogens is 434 g/mol. The van der Waals surface area contributed by atoms with Crippen molar-refractivity contribution in [2.24, 2.45) is 5.73 Å². The van der Waals surface area contributed by atoms with Crippen LogP contribution in [0.2, 0.25) is 0 Å². The lowest BCUT2D eigenvalue weighted by atomic mass is 10.0. The van der Waals surface area contributed by atoms with Crippen molar-refractivity contribution >= 4 is 40.9 Å². The summed E-state index contributed by atoms with van der Waals surface area (Å²) in [7, 11) is 0. The van der Waals surface area contributed by atoms with E-state index < -0.39 is 0 Å². The van der Waals surface area contributed by atoms with Gasteiger partial charge < -0.3 is 26.6 Å². The van der Waals surface area contributed by atoms with E-state index in [1.54, 1.807) is 0 Å². The van der Waals surface area contributed by atoms with Crippen molar-refractivity contribution < 1.29 is 4.79 Å². The molecule has 166 valence electrons. The highest BCUT2D eigenvalue weighted by atomic mass is 35.5. The molecule has 3 rings (SSSR count). The van der Waals surface area contributed by atoms with Crippen LogP contribution < -0.4 is 26.6 Å². The van der Waals surface area contributed by atoms with Gasteiger partial charge in [-0.05, 0) is 25.8 Å². The molecule has 31 heavy (non-hydrogen) atoms. The van der Waals surface area contributed by atoms with Gasteiger partial charge in [0.05, 0.1) is 15.3 Å². The Bertz CT molecular complexity index is 938. The van der Waals surface area contributed by atoms with Crippen LogP contribution >= 0.6 is 23.4 Å². The van der Waals surface area contributed by atoms with Crippen LogP contribution in [0.4, 0.5) is 11.6 Å². The van der Waals surface area contributed by atoms with Gasteiger partial charge in [-0.3, -0.25) is 4.79 Å². The van der Waals surface area contributed by atoms with Crippen molar-refractivity contribution in [1.82, 2.24) is 20.6 Å². The quantitative estimate of drug-likeness (QED) is 0.362. The third-order valence-corrected chi connectivity index (χ3v) is 6.12. The fourth-order valence-corrected chi connectivity index (χ4v) is 4.27. The summed E-state index contributed by atoms with van der Waals surface area (Å²) in [5.74, 6) is 1.81. The van der Waals surface area contributed by atoms with Crippen LogP contribution in [0.3, 0.4) is 0 Å². The van der Waals surface area contributed by atoms with Crippen molar-refractivity contribution in [3.05, 3.63) is 58.0 Å². The number of alkyl halides is 1. The van der Waals surface area contributed by atoms with Gasteiger partial charge in [0.15, 0.2) is 0 Å². The van der Waals surface area contributed by atoms with E-state index in [4.69, 9.17) is 17.3 Å². The molecule has 0 bridgehead atoms. The first kappa shape index (κ1) is 23.2. The molecule has 0 spiro atoms. The van der Waals surface area contributed by atoms with E-state index in [-0.39, 0.29) is 11.3 Å². The monoisotopic (exact) mass is 461 g/mol. The fourth-order valence-electron chi connectivity index (χ4n) is 3.31. The van der Waals surface area contributed by atoms with Crippen LogP contribution in [0.5, 0.6) is 0 Å². The summed E-state index contributed by atoms with van der Waals surface area (Å²) in [6.07, 6.45) is 5.87. The summed E-state index contributed by atoms with van der Waals surface area (Å²) in [6.45, 7) is 11.4. The lowest BCUT2D eigenvalue weighted by Crippen LogP contribution is -2.44. The number of allylic oxidation sites excluding steroid dienone is 4. The summed E-state index contributed by atoms with van der Waals surface area (Å²) in [5, 5.41) is 9.61. The number of thioether (sulfide) groups is 1. The van der Waals surface area contributed by atoms with E-state index in [2.05, 4.69) is 37.4 Å². The third kappa shape index (κ3) is 6.25. The Labute approximate surface area is 192 Å². The van der Waals surface area contributed by atoms with Crippen molar-refractivity contribution in [3.8, 4) is 0 Å². The number of hydrogen-bond donors (Lipinski definition) is 4. The molecular formula is C21H28ClN7OS. The number of carbonyl (C=O) groups is 1. The summed E-state index contributed by atoms with van der Waals surface area (Å²) in [6, 6.07) is 1.89. The number of carbonyl (C=O) groups excluding carboxylic acids is 1. The van der Waals surface area contributed by atoms with Gasteiger partial charge in [0, 0.05) is 44.1 Å². The molecule has 2 aliphatic rings. The van der Waals surface area contributed by atoms with Crippen LogP contribution in [-0.4, -0.2) is 47.4 Å². The zero-order chi connectivity index (χ0) is 22.4. The second kappa shape index (κ2) is 10.7. The van der Waals surface area contributed by atoms with Crippen LogP contribution in [-0.2, 0) is 4.79 Å². The summed E-state index contributed by atoms with van der Waals surface area (Å²) >= 11 is 7.48. The number of piperazine rings is 1. The molecule has 5 N–H and O–H groups in total. The molecule has 1 aliphatic carbocycles. The normalized spacial score (nSPS) is 19.4. The maximum absolute atomic E-state index is 12.7. The van der Waals surface area contributed by atoms with E-state index in [0.29, 0.717) is 33.7 Å². The first-order valence-electron chi connectivity index (χ1n) is 10.1. The molecule has 1 saturated heterocycles. The van der Waals surface area contributed by atoms with Crippen LogP contribution in [0.1, 0.15) is 19.2 Å². The summed E-state index contributed by atoms with van der Waals surface area (Å²) < 4.78 is 0. The Kier molecular flexibility index (Phi) is 8.00. The van der Waals surface area contributed by atoms with Gasteiger partial charge in [0.1, 0.15) is 17.5 Å². The minimum absolute atomic E-state index is 0.272. The number of halogens is 1. The van der Waals surface area contributed by atoms with Gasteiger partial charge in [-0.2, -0.15) is 0 Å². The van der Waals surface area contributed by atoms with Crippen molar-refractivity contribution in [2.45, 2.75) is 25.6 Å². The van der Waals surface area contributed by atoms with Gasteiger partial charge in [0.25, 0.3) is 5.91 Å². The smallest absolute Gasteiger partial charge is 0.263 e. The molecule has 2 heterocycles. The Morgan fingerprint density at radius 2 is 2.10 bits per heavy atom. The highest BCUT2D eigenvalue weighted by Gasteiger charge is 2.21. The second-order valence-electron chi connectivity index (χ2n) is 7.23. The third-order valence-electron chi connectivity index (χ3n) is 4.84. The molecule has 1 atom stereocenters. The van der Waals surface area contributed by atoms with Gasteiger partial charge in [-0.1, -0.05) is 30.5 Å². The fraction of sp³-hybridized carbons (Fsp3) is 0.381. The number of amides is 1. The van der Waals surface area contributed by atoms with Crippen molar-refractivity contribution in [1.29, 1.82) is 0 Å².